The molecule has 2 amide bonds. The van der Waals surface area contributed by atoms with Gasteiger partial charge >= 0.3 is 12.0 Å². The van der Waals surface area contributed by atoms with E-state index in [9.17, 15) is 14.7 Å². The average molecular weight is 702 g/mol. The van der Waals surface area contributed by atoms with Crippen molar-refractivity contribution < 1.29 is 33.6 Å². The standard InChI is InChI=1S/C32H34BrClN4O7/c1-5-43-26-14-22(29-28(31(40)42-4)19(3)36-32(41)37-29)10-11-25(26)44-17-27(39)38-35-15-21-12-23(33)30(24(34)13-21)45-16-20-8-6-18(2)7-9-20/h6-15,27,29,38-39H,5,16-17H2,1-4H3,(H2,36,37,41)/b35-15-/t27-,29-/m0/s1. The summed E-state index contributed by atoms with van der Waals surface area (Å²) >= 11 is 9.97. The number of ether oxygens (including phenoxy) is 4. The molecule has 2 atom stereocenters. The molecule has 0 aromatic heterocycles. The van der Waals surface area contributed by atoms with Crippen LogP contribution in [0.2, 0.25) is 5.02 Å². The van der Waals surface area contributed by atoms with Crippen LogP contribution >= 0.6 is 27.5 Å². The lowest BCUT2D eigenvalue weighted by molar-refractivity contribution is -0.136. The van der Waals surface area contributed by atoms with Crippen LogP contribution in [-0.2, 0) is 16.1 Å². The minimum absolute atomic E-state index is 0.163. The Hall–Kier alpha value is -4.26. The highest BCUT2D eigenvalue weighted by atomic mass is 79.9. The normalized spacial score (nSPS) is 15.3. The second-order valence-corrected chi connectivity index (χ2v) is 11.3. The first-order valence-corrected chi connectivity index (χ1v) is 15.2. The number of aryl methyl sites for hydroxylation is 1. The predicted octanol–water partition coefficient (Wildman–Crippen LogP) is 5.51. The third-order valence-corrected chi connectivity index (χ3v) is 7.50. The number of benzene rings is 3. The van der Waals surface area contributed by atoms with Gasteiger partial charge in [0, 0.05) is 5.70 Å². The number of carbonyl (C=O) groups is 2. The Bertz CT molecular complexity index is 1570. The molecule has 45 heavy (non-hydrogen) atoms. The maximum atomic E-state index is 12.4. The molecule has 0 spiro atoms. The van der Waals surface area contributed by atoms with Crippen molar-refractivity contribution in [2.75, 3.05) is 20.3 Å². The summed E-state index contributed by atoms with van der Waals surface area (Å²) in [5, 5.41) is 20.3. The number of hydrazone groups is 1. The van der Waals surface area contributed by atoms with Crippen molar-refractivity contribution in [3.63, 3.8) is 0 Å². The molecule has 13 heteroatoms. The van der Waals surface area contributed by atoms with E-state index in [4.69, 9.17) is 30.5 Å². The van der Waals surface area contributed by atoms with Gasteiger partial charge in [-0.25, -0.2) is 9.59 Å². The number of esters is 1. The smallest absolute Gasteiger partial charge is 0.337 e. The van der Waals surface area contributed by atoms with Gasteiger partial charge in [0.15, 0.2) is 23.5 Å². The van der Waals surface area contributed by atoms with Gasteiger partial charge in [0.2, 0.25) is 0 Å². The number of urea groups is 1. The first kappa shape index (κ1) is 33.6. The topological polar surface area (TPSA) is 140 Å². The summed E-state index contributed by atoms with van der Waals surface area (Å²) in [4.78, 5) is 24.6. The third kappa shape index (κ3) is 8.90. The van der Waals surface area contributed by atoms with Gasteiger partial charge in [0.1, 0.15) is 13.2 Å². The zero-order chi connectivity index (χ0) is 32.5. The number of amides is 2. The van der Waals surface area contributed by atoms with Crippen molar-refractivity contribution in [1.82, 2.24) is 16.1 Å². The van der Waals surface area contributed by atoms with Crippen molar-refractivity contribution in [1.29, 1.82) is 0 Å². The number of carbonyl (C=O) groups excluding carboxylic acids is 2. The number of nitrogens with zero attached hydrogens (tertiary/aromatic N) is 1. The maximum Gasteiger partial charge on any atom is 0.337 e. The van der Waals surface area contributed by atoms with Gasteiger partial charge in [0.05, 0.1) is 41.0 Å². The minimum Gasteiger partial charge on any atom is -0.490 e. The Morgan fingerprint density at radius 3 is 2.56 bits per heavy atom. The second-order valence-electron chi connectivity index (χ2n) is 10.0. The lowest BCUT2D eigenvalue weighted by Crippen LogP contribution is -2.45. The highest BCUT2D eigenvalue weighted by molar-refractivity contribution is 9.10. The molecule has 0 saturated carbocycles. The molecule has 3 aromatic carbocycles. The Kier molecular flexibility index (Phi) is 11.7. The van der Waals surface area contributed by atoms with E-state index in [0.717, 1.165) is 5.56 Å². The largest absolute Gasteiger partial charge is 0.490 e. The van der Waals surface area contributed by atoms with Gasteiger partial charge in [-0.3, -0.25) is 5.43 Å². The summed E-state index contributed by atoms with van der Waals surface area (Å²) in [6, 6.07) is 15.3. The fourth-order valence-corrected chi connectivity index (χ4v) is 5.44. The molecular formula is C32H34BrClN4O7. The van der Waals surface area contributed by atoms with Crippen LogP contribution in [-0.4, -0.2) is 49.9 Å². The van der Waals surface area contributed by atoms with Crippen molar-refractivity contribution in [2.24, 2.45) is 5.10 Å². The molecule has 1 heterocycles. The number of rotatable bonds is 13. The van der Waals surface area contributed by atoms with E-state index < -0.39 is 24.3 Å². The number of nitrogens with one attached hydrogen (secondary N) is 3. The number of allylic oxidation sites excluding steroid dienone is 1. The summed E-state index contributed by atoms with van der Waals surface area (Å²) < 4.78 is 23.0. The molecule has 0 bridgehead atoms. The highest BCUT2D eigenvalue weighted by Gasteiger charge is 2.32. The maximum absolute atomic E-state index is 12.4. The molecular weight excluding hydrogens is 668 g/mol. The summed E-state index contributed by atoms with van der Waals surface area (Å²) in [6.45, 7) is 6.00. The van der Waals surface area contributed by atoms with E-state index in [0.29, 0.717) is 56.8 Å². The molecule has 0 aliphatic carbocycles. The Labute approximate surface area is 274 Å². The van der Waals surface area contributed by atoms with Gasteiger partial charge in [0.25, 0.3) is 0 Å². The fraction of sp³-hybridized carbons (Fsp3) is 0.281. The van der Waals surface area contributed by atoms with Crippen LogP contribution in [0.15, 0.2) is 75.4 Å². The predicted molar refractivity (Wildman–Crippen MR) is 174 cm³/mol. The van der Waals surface area contributed by atoms with E-state index in [1.807, 2.05) is 38.1 Å². The average Bonchev–Trinajstić information content (AvgIpc) is 3.00. The number of hydrogen-bond acceptors (Lipinski definition) is 9. The monoisotopic (exact) mass is 700 g/mol. The lowest BCUT2D eigenvalue weighted by atomic mass is 9.95. The molecule has 1 aliphatic rings. The second kappa shape index (κ2) is 15.6. The molecule has 4 N–H and O–H groups in total. The number of halogens is 2. The van der Waals surface area contributed by atoms with Crippen LogP contribution in [0.5, 0.6) is 17.2 Å². The molecule has 3 aromatic rings. The van der Waals surface area contributed by atoms with Crippen LogP contribution < -0.4 is 30.3 Å². The fourth-order valence-electron chi connectivity index (χ4n) is 4.45. The Morgan fingerprint density at radius 2 is 1.87 bits per heavy atom. The summed E-state index contributed by atoms with van der Waals surface area (Å²) in [7, 11) is 1.27. The van der Waals surface area contributed by atoms with Crippen molar-refractivity contribution in [3.8, 4) is 17.2 Å². The lowest BCUT2D eigenvalue weighted by Gasteiger charge is -2.28. The van der Waals surface area contributed by atoms with E-state index in [-0.39, 0.29) is 12.2 Å². The van der Waals surface area contributed by atoms with E-state index in [1.54, 1.807) is 37.3 Å². The Morgan fingerprint density at radius 1 is 1.11 bits per heavy atom. The van der Waals surface area contributed by atoms with Crippen LogP contribution in [0, 0.1) is 6.92 Å². The zero-order valence-electron chi connectivity index (χ0n) is 25.1. The summed E-state index contributed by atoms with van der Waals surface area (Å²) in [5.74, 6) is 0.657. The van der Waals surface area contributed by atoms with E-state index in [1.165, 1.54) is 18.9 Å². The SMILES string of the molecule is CCOc1cc([C@@H]2NC(=O)NC(C)=C2C(=O)OC)ccc1OC[C@H](O)N/N=C\c1cc(Cl)c(OCc2ccc(C)cc2)c(Br)c1. The molecule has 0 fully saturated rings. The Balaban J connectivity index is 1.37. The van der Waals surface area contributed by atoms with Gasteiger partial charge in [-0.05, 0) is 77.7 Å². The quantitative estimate of drug-likeness (QED) is 0.0792. The van der Waals surface area contributed by atoms with Crippen LogP contribution in [0.1, 0.15) is 42.1 Å². The van der Waals surface area contributed by atoms with Crippen LogP contribution in [0.3, 0.4) is 0 Å². The van der Waals surface area contributed by atoms with Gasteiger partial charge in [-0.15, -0.1) is 0 Å². The molecule has 0 radical (unpaired) electrons. The summed E-state index contributed by atoms with van der Waals surface area (Å²) in [6.07, 6.45) is 0.345. The molecule has 11 nitrogen and oxygen atoms in total. The van der Waals surface area contributed by atoms with Gasteiger partial charge in [-0.2, -0.15) is 5.10 Å². The minimum atomic E-state index is -1.16. The molecule has 0 saturated heterocycles. The van der Waals surface area contributed by atoms with Gasteiger partial charge in [-0.1, -0.05) is 47.5 Å². The van der Waals surface area contributed by atoms with Crippen molar-refractivity contribution in [3.05, 3.63) is 97.6 Å². The number of hydrogen-bond donors (Lipinski definition) is 4. The number of aliphatic hydroxyl groups is 1. The van der Waals surface area contributed by atoms with E-state index >= 15 is 0 Å². The molecule has 1 aliphatic heterocycles. The highest BCUT2D eigenvalue weighted by Crippen LogP contribution is 2.36. The summed E-state index contributed by atoms with van der Waals surface area (Å²) in [5.41, 5.74) is 6.72. The van der Waals surface area contributed by atoms with Crippen LogP contribution in [0.25, 0.3) is 0 Å². The zero-order valence-corrected chi connectivity index (χ0v) is 27.5. The van der Waals surface area contributed by atoms with Gasteiger partial charge < -0.3 is 34.7 Å². The van der Waals surface area contributed by atoms with Crippen LogP contribution in [0.4, 0.5) is 4.79 Å². The number of methoxy groups -OCH3 is 1. The first-order chi connectivity index (χ1) is 21.6. The molecule has 238 valence electrons. The van der Waals surface area contributed by atoms with E-state index in [2.05, 4.69) is 37.1 Å². The number of aliphatic hydroxyl groups excluding tert-OH is 1. The van der Waals surface area contributed by atoms with Crippen molar-refractivity contribution in [2.45, 2.75) is 39.6 Å². The molecule has 4 rings (SSSR count). The third-order valence-electron chi connectivity index (χ3n) is 6.63. The molecule has 0 unspecified atom stereocenters. The van der Waals surface area contributed by atoms with Crippen molar-refractivity contribution >= 4 is 45.7 Å². The first-order valence-electron chi connectivity index (χ1n) is 14.0.